The highest BCUT2D eigenvalue weighted by Crippen LogP contribution is 2.24. The van der Waals surface area contributed by atoms with Gasteiger partial charge in [-0.05, 0) is 61.0 Å². The van der Waals surface area contributed by atoms with Crippen molar-refractivity contribution in [2.45, 2.75) is 17.6 Å². The molecule has 0 saturated heterocycles. The second kappa shape index (κ2) is 9.73. The topological polar surface area (TPSA) is 75.3 Å². The molecule has 1 heterocycles. The van der Waals surface area contributed by atoms with Crippen LogP contribution in [0.15, 0.2) is 65.6 Å². The number of thioether (sulfide) groups is 1. The van der Waals surface area contributed by atoms with E-state index in [4.69, 9.17) is 11.6 Å². The van der Waals surface area contributed by atoms with Crippen LogP contribution in [0.3, 0.4) is 0 Å². The first kappa shape index (κ1) is 21.1. The molecular formula is C21H17ClN2O3S2. The number of benzene rings is 2. The largest absolute Gasteiger partial charge is 0.294 e. The normalized spacial score (nSPS) is 10.4. The molecule has 0 saturated carbocycles. The lowest BCUT2D eigenvalue weighted by atomic mass is 10.1. The summed E-state index contributed by atoms with van der Waals surface area (Å²) in [5.74, 6) is -0.227. The van der Waals surface area contributed by atoms with Gasteiger partial charge in [0.25, 0.3) is 11.8 Å². The van der Waals surface area contributed by atoms with Gasteiger partial charge in [-0.15, -0.1) is 23.1 Å². The predicted octanol–water partition coefficient (Wildman–Crippen LogP) is 4.97. The molecule has 1 aromatic heterocycles. The standard InChI is InChI=1S/C21H17ClN2O3S2/c1-13(25)18-10-11-19(29-18)21(27)24-23-20(26)15-4-2-14(3-5-15)12-28-17-8-6-16(22)7-9-17/h2-11H,12H2,1H3,(H,23,26)(H,24,27). The molecule has 2 N–H and O–H groups in total. The maximum atomic E-state index is 12.2. The Hall–Kier alpha value is -2.61. The summed E-state index contributed by atoms with van der Waals surface area (Å²) in [5, 5.41) is 0.704. The van der Waals surface area contributed by atoms with E-state index in [1.807, 2.05) is 36.4 Å². The van der Waals surface area contributed by atoms with E-state index in [9.17, 15) is 14.4 Å². The molecular weight excluding hydrogens is 428 g/mol. The van der Waals surface area contributed by atoms with Crippen LogP contribution in [0, 0.1) is 0 Å². The highest BCUT2D eigenvalue weighted by Gasteiger charge is 2.13. The predicted molar refractivity (Wildman–Crippen MR) is 117 cm³/mol. The third-order valence-corrected chi connectivity index (χ3v) is 6.42. The summed E-state index contributed by atoms with van der Waals surface area (Å²) in [6, 6.07) is 17.9. The van der Waals surface area contributed by atoms with Crippen molar-refractivity contribution in [1.82, 2.24) is 10.9 Å². The van der Waals surface area contributed by atoms with Gasteiger partial charge < -0.3 is 0 Å². The quantitative estimate of drug-likeness (QED) is 0.319. The Morgan fingerprint density at radius 2 is 1.48 bits per heavy atom. The molecule has 0 aliphatic carbocycles. The highest BCUT2D eigenvalue weighted by molar-refractivity contribution is 7.98. The first-order valence-corrected chi connectivity index (χ1v) is 10.8. The minimum Gasteiger partial charge on any atom is -0.294 e. The van der Waals surface area contributed by atoms with Gasteiger partial charge in [0, 0.05) is 21.2 Å². The lowest BCUT2D eigenvalue weighted by Gasteiger charge is -2.07. The summed E-state index contributed by atoms with van der Waals surface area (Å²) < 4.78 is 0. The van der Waals surface area contributed by atoms with Crippen molar-refractivity contribution < 1.29 is 14.4 Å². The average molecular weight is 445 g/mol. The molecule has 0 spiro atoms. The number of amides is 2. The molecule has 29 heavy (non-hydrogen) atoms. The van der Waals surface area contributed by atoms with Gasteiger partial charge >= 0.3 is 0 Å². The van der Waals surface area contributed by atoms with Gasteiger partial charge in [-0.3, -0.25) is 25.2 Å². The molecule has 0 aliphatic rings. The molecule has 8 heteroatoms. The van der Waals surface area contributed by atoms with Crippen molar-refractivity contribution in [2.24, 2.45) is 0 Å². The monoisotopic (exact) mass is 444 g/mol. The number of carbonyl (C=O) groups excluding carboxylic acids is 3. The Morgan fingerprint density at radius 1 is 0.862 bits per heavy atom. The van der Waals surface area contributed by atoms with E-state index < -0.39 is 11.8 Å². The number of hydrogen-bond donors (Lipinski definition) is 2. The third kappa shape index (κ3) is 5.93. The fourth-order valence-electron chi connectivity index (χ4n) is 2.35. The maximum Gasteiger partial charge on any atom is 0.279 e. The van der Waals surface area contributed by atoms with E-state index in [-0.39, 0.29) is 5.78 Å². The van der Waals surface area contributed by atoms with Crippen molar-refractivity contribution in [3.8, 4) is 0 Å². The van der Waals surface area contributed by atoms with Gasteiger partial charge in [0.15, 0.2) is 5.78 Å². The van der Waals surface area contributed by atoms with Crippen LogP contribution in [0.4, 0.5) is 0 Å². The van der Waals surface area contributed by atoms with Crippen molar-refractivity contribution in [3.63, 3.8) is 0 Å². The number of ketones is 1. The average Bonchev–Trinajstić information content (AvgIpc) is 3.22. The van der Waals surface area contributed by atoms with E-state index in [1.54, 1.807) is 36.0 Å². The van der Waals surface area contributed by atoms with E-state index >= 15 is 0 Å². The fraction of sp³-hybridized carbons (Fsp3) is 0.0952. The fourth-order valence-corrected chi connectivity index (χ4v) is 4.12. The van der Waals surface area contributed by atoms with Crippen LogP contribution in [0.2, 0.25) is 5.02 Å². The second-order valence-electron chi connectivity index (χ2n) is 6.07. The third-order valence-electron chi connectivity index (χ3n) is 3.90. The number of thiophene rings is 1. The van der Waals surface area contributed by atoms with E-state index in [1.165, 1.54) is 6.92 Å². The van der Waals surface area contributed by atoms with Crippen LogP contribution < -0.4 is 10.9 Å². The van der Waals surface area contributed by atoms with Gasteiger partial charge in [-0.1, -0.05) is 23.7 Å². The van der Waals surface area contributed by atoms with Gasteiger partial charge in [0.05, 0.1) is 9.75 Å². The molecule has 0 radical (unpaired) electrons. The lowest BCUT2D eigenvalue weighted by molar-refractivity contribution is 0.0849. The SMILES string of the molecule is CC(=O)c1ccc(C(=O)NNC(=O)c2ccc(CSc3ccc(Cl)cc3)cc2)s1. The Bertz CT molecular complexity index is 1030. The van der Waals surface area contributed by atoms with Crippen molar-refractivity contribution in [2.75, 3.05) is 0 Å². The minimum absolute atomic E-state index is 0.104. The number of Topliss-reactive ketones (excluding diaryl/α,β-unsaturated/α-hetero) is 1. The van der Waals surface area contributed by atoms with E-state index in [2.05, 4.69) is 10.9 Å². The summed E-state index contributed by atoms with van der Waals surface area (Å²) in [6.07, 6.45) is 0. The van der Waals surface area contributed by atoms with E-state index in [0.29, 0.717) is 20.3 Å². The van der Waals surface area contributed by atoms with Gasteiger partial charge in [0.2, 0.25) is 0 Å². The van der Waals surface area contributed by atoms with Gasteiger partial charge in [0.1, 0.15) is 0 Å². The van der Waals surface area contributed by atoms with Gasteiger partial charge in [-0.2, -0.15) is 0 Å². The summed E-state index contributed by atoms with van der Waals surface area (Å²) in [7, 11) is 0. The van der Waals surface area contributed by atoms with Crippen molar-refractivity contribution in [3.05, 3.63) is 86.6 Å². The first-order chi connectivity index (χ1) is 13.9. The lowest BCUT2D eigenvalue weighted by Crippen LogP contribution is -2.41. The molecule has 0 bridgehead atoms. The van der Waals surface area contributed by atoms with Crippen molar-refractivity contribution in [1.29, 1.82) is 0 Å². The zero-order valence-electron chi connectivity index (χ0n) is 15.4. The molecule has 0 fully saturated rings. The summed E-state index contributed by atoms with van der Waals surface area (Å²) >= 11 is 8.64. The number of hydrogen-bond acceptors (Lipinski definition) is 5. The Balaban J connectivity index is 1.51. The molecule has 2 aromatic carbocycles. The Morgan fingerprint density at radius 3 is 2.10 bits per heavy atom. The Kier molecular flexibility index (Phi) is 7.09. The molecule has 5 nitrogen and oxygen atoms in total. The zero-order chi connectivity index (χ0) is 20.8. The number of halogens is 1. The van der Waals surface area contributed by atoms with Crippen molar-refractivity contribution >= 4 is 52.3 Å². The number of rotatable bonds is 6. The first-order valence-electron chi connectivity index (χ1n) is 8.61. The highest BCUT2D eigenvalue weighted by atomic mass is 35.5. The minimum atomic E-state index is -0.466. The number of nitrogens with one attached hydrogen (secondary N) is 2. The molecule has 0 aliphatic heterocycles. The summed E-state index contributed by atoms with van der Waals surface area (Å²) in [5.41, 5.74) is 6.25. The number of hydrazine groups is 1. The van der Waals surface area contributed by atoms with E-state index in [0.717, 1.165) is 27.5 Å². The van der Waals surface area contributed by atoms with Crippen LogP contribution in [-0.4, -0.2) is 17.6 Å². The molecule has 2 amide bonds. The summed E-state index contributed by atoms with van der Waals surface area (Å²) in [6.45, 7) is 1.44. The van der Waals surface area contributed by atoms with Gasteiger partial charge in [-0.25, -0.2) is 0 Å². The van der Waals surface area contributed by atoms with Crippen LogP contribution in [-0.2, 0) is 5.75 Å². The molecule has 0 atom stereocenters. The van der Waals surface area contributed by atoms with Crippen LogP contribution >= 0.6 is 34.7 Å². The smallest absolute Gasteiger partial charge is 0.279 e. The maximum absolute atomic E-state index is 12.2. The molecule has 3 aromatic rings. The molecule has 148 valence electrons. The zero-order valence-corrected chi connectivity index (χ0v) is 17.8. The Labute approximate surface area is 181 Å². The van der Waals surface area contributed by atoms with Crippen LogP contribution in [0.5, 0.6) is 0 Å². The second-order valence-corrected chi connectivity index (χ2v) is 8.64. The molecule has 0 unspecified atom stereocenters. The number of carbonyl (C=O) groups is 3. The van der Waals surface area contributed by atoms with Crippen LogP contribution in [0.1, 0.15) is 42.2 Å². The molecule has 3 rings (SSSR count). The van der Waals surface area contributed by atoms with Crippen LogP contribution in [0.25, 0.3) is 0 Å². The summed E-state index contributed by atoms with van der Waals surface area (Å²) in [4.78, 5) is 37.6.